The lowest BCUT2D eigenvalue weighted by molar-refractivity contribution is -0.117. The van der Waals surface area contributed by atoms with Crippen molar-refractivity contribution in [3.8, 4) is 0 Å². The Labute approximate surface area is 117 Å². The predicted molar refractivity (Wildman–Crippen MR) is 77.3 cm³/mol. The molecule has 0 fully saturated rings. The maximum Gasteiger partial charge on any atom is 0.241 e. The number of nitrogens with one attached hydrogen (secondary N) is 2. The lowest BCUT2D eigenvalue weighted by atomic mass is 10.1. The van der Waals surface area contributed by atoms with Crippen molar-refractivity contribution in [3.63, 3.8) is 0 Å². The summed E-state index contributed by atoms with van der Waals surface area (Å²) in [6, 6.07) is 4.26. The molecule has 6 heteroatoms. The first-order chi connectivity index (χ1) is 8.93. The maximum atomic E-state index is 11.9. The summed E-state index contributed by atoms with van der Waals surface area (Å²) in [5.74, 6) is -0.522. The van der Waals surface area contributed by atoms with Gasteiger partial charge in [0.2, 0.25) is 11.8 Å². The van der Waals surface area contributed by atoms with E-state index in [1.807, 2.05) is 6.92 Å². The van der Waals surface area contributed by atoms with Crippen LogP contribution in [0.25, 0.3) is 0 Å². The summed E-state index contributed by atoms with van der Waals surface area (Å²) in [4.78, 5) is 23.0. The van der Waals surface area contributed by atoms with E-state index in [-0.39, 0.29) is 11.8 Å². The molecule has 0 bridgehead atoms. The Balaban J connectivity index is 2.89. The standard InChI is InChI=1S/C13H18ClN3O2/c1-3-4-10(15)13(19)17-12-7-9(14)5-6-11(12)16-8(2)18/h5-7,10H,3-4,15H2,1-2H3,(H,16,18)(H,17,19). The van der Waals surface area contributed by atoms with Crippen LogP contribution in [0.2, 0.25) is 5.02 Å². The third kappa shape index (κ3) is 4.89. The third-order valence-corrected chi connectivity index (χ3v) is 2.72. The van der Waals surface area contributed by atoms with Crippen molar-refractivity contribution < 1.29 is 9.59 Å². The second-order valence-electron chi connectivity index (χ2n) is 4.26. The summed E-state index contributed by atoms with van der Waals surface area (Å²) in [7, 11) is 0. The fourth-order valence-electron chi connectivity index (χ4n) is 1.59. The van der Waals surface area contributed by atoms with E-state index in [4.69, 9.17) is 17.3 Å². The minimum atomic E-state index is -0.575. The average molecular weight is 284 g/mol. The monoisotopic (exact) mass is 283 g/mol. The number of rotatable bonds is 5. The van der Waals surface area contributed by atoms with Crippen LogP contribution in [-0.4, -0.2) is 17.9 Å². The number of carbonyl (C=O) groups excluding carboxylic acids is 2. The molecule has 0 aromatic heterocycles. The van der Waals surface area contributed by atoms with Crippen LogP contribution in [0.3, 0.4) is 0 Å². The summed E-state index contributed by atoms with van der Waals surface area (Å²) in [6.45, 7) is 3.35. The first kappa shape index (κ1) is 15.5. The molecule has 5 nitrogen and oxygen atoms in total. The molecule has 4 N–H and O–H groups in total. The van der Waals surface area contributed by atoms with Crippen LogP contribution < -0.4 is 16.4 Å². The van der Waals surface area contributed by atoms with Crippen molar-refractivity contribution in [1.29, 1.82) is 0 Å². The van der Waals surface area contributed by atoms with Crippen LogP contribution in [0, 0.1) is 0 Å². The van der Waals surface area contributed by atoms with Crippen LogP contribution in [0.4, 0.5) is 11.4 Å². The molecule has 19 heavy (non-hydrogen) atoms. The molecular weight excluding hydrogens is 266 g/mol. The van der Waals surface area contributed by atoms with Gasteiger partial charge in [0.25, 0.3) is 0 Å². The van der Waals surface area contributed by atoms with Crippen LogP contribution >= 0.6 is 11.6 Å². The van der Waals surface area contributed by atoms with Crippen molar-refractivity contribution in [2.45, 2.75) is 32.7 Å². The van der Waals surface area contributed by atoms with Crippen molar-refractivity contribution in [3.05, 3.63) is 23.2 Å². The summed E-state index contributed by atoms with van der Waals surface area (Å²) in [5, 5.41) is 5.77. The molecule has 0 saturated heterocycles. The quantitative estimate of drug-likeness (QED) is 0.775. The Hall–Kier alpha value is -1.59. The molecule has 2 amide bonds. The fraction of sp³-hybridized carbons (Fsp3) is 0.385. The highest BCUT2D eigenvalue weighted by atomic mass is 35.5. The molecular formula is C13H18ClN3O2. The van der Waals surface area contributed by atoms with Gasteiger partial charge in [-0.3, -0.25) is 9.59 Å². The Morgan fingerprint density at radius 1 is 1.32 bits per heavy atom. The van der Waals surface area contributed by atoms with Crippen molar-refractivity contribution >= 4 is 34.8 Å². The van der Waals surface area contributed by atoms with E-state index in [1.165, 1.54) is 6.92 Å². The zero-order chi connectivity index (χ0) is 14.4. The molecule has 1 unspecified atom stereocenters. The lowest BCUT2D eigenvalue weighted by Gasteiger charge is -2.15. The van der Waals surface area contributed by atoms with Gasteiger partial charge < -0.3 is 16.4 Å². The molecule has 1 rings (SSSR count). The molecule has 0 saturated carbocycles. The number of hydrogen-bond donors (Lipinski definition) is 3. The Morgan fingerprint density at radius 3 is 2.58 bits per heavy atom. The smallest absolute Gasteiger partial charge is 0.241 e. The molecule has 0 spiro atoms. The Kier molecular flexibility index (Phi) is 5.79. The highest BCUT2D eigenvalue weighted by Crippen LogP contribution is 2.26. The Morgan fingerprint density at radius 2 is 2.00 bits per heavy atom. The van der Waals surface area contributed by atoms with E-state index < -0.39 is 6.04 Å². The van der Waals surface area contributed by atoms with Gasteiger partial charge in [-0.2, -0.15) is 0 Å². The van der Waals surface area contributed by atoms with Gasteiger partial charge in [-0.1, -0.05) is 24.9 Å². The molecule has 0 aliphatic carbocycles. The van der Waals surface area contributed by atoms with Crippen LogP contribution in [-0.2, 0) is 9.59 Å². The van der Waals surface area contributed by atoms with E-state index in [2.05, 4.69) is 10.6 Å². The summed E-state index contributed by atoms with van der Waals surface area (Å²) >= 11 is 5.88. The molecule has 0 radical (unpaired) electrons. The number of benzene rings is 1. The maximum absolute atomic E-state index is 11.9. The number of nitrogens with two attached hydrogens (primary N) is 1. The van der Waals surface area contributed by atoms with Crippen molar-refractivity contribution in [1.82, 2.24) is 0 Å². The van der Waals surface area contributed by atoms with Crippen molar-refractivity contribution in [2.75, 3.05) is 10.6 Å². The van der Waals surface area contributed by atoms with Gasteiger partial charge in [-0.25, -0.2) is 0 Å². The first-order valence-corrected chi connectivity index (χ1v) is 6.45. The summed E-state index contributed by atoms with van der Waals surface area (Å²) in [6.07, 6.45) is 1.42. The van der Waals surface area contributed by atoms with E-state index in [0.29, 0.717) is 22.8 Å². The normalized spacial score (nSPS) is 11.8. The molecule has 1 aromatic rings. The topological polar surface area (TPSA) is 84.2 Å². The van der Waals surface area contributed by atoms with Gasteiger partial charge in [-0.15, -0.1) is 0 Å². The van der Waals surface area contributed by atoms with E-state index >= 15 is 0 Å². The molecule has 104 valence electrons. The van der Waals surface area contributed by atoms with Crippen LogP contribution in [0.1, 0.15) is 26.7 Å². The zero-order valence-corrected chi connectivity index (χ0v) is 11.8. The van der Waals surface area contributed by atoms with Gasteiger partial charge in [-0.05, 0) is 24.6 Å². The molecule has 0 aliphatic heterocycles. The van der Waals surface area contributed by atoms with Gasteiger partial charge in [0.1, 0.15) is 0 Å². The highest BCUT2D eigenvalue weighted by Gasteiger charge is 2.14. The van der Waals surface area contributed by atoms with E-state index in [0.717, 1.165) is 6.42 Å². The molecule has 0 heterocycles. The second kappa shape index (κ2) is 7.11. The molecule has 0 aliphatic rings. The van der Waals surface area contributed by atoms with Crippen LogP contribution in [0.15, 0.2) is 18.2 Å². The number of amides is 2. The second-order valence-corrected chi connectivity index (χ2v) is 4.69. The van der Waals surface area contributed by atoms with Gasteiger partial charge in [0.05, 0.1) is 17.4 Å². The lowest BCUT2D eigenvalue weighted by Crippen LogP contribution is -2.35. The first-order valence-electron chi connectivity index (χ1n) is 6.07. The third-order valence-electron chi connectivity index (χ3n) is 2.49. The predicted octanol–water partition coefficient (Wildman–Crippen LogP) is 2.36. The zero-order valence-electron chi connectivity index (χ0n) is 11.0. The average Bonchev–Trinajstić information content (AvgIpc) is 2.32. The minimum Gasteiger partial charge on any atom is -0.325 e. The SMILES string of the molecule is CCCC(N)C(=O)Nc1cc(Cl)ccc1NC(C)=O. The van der Waals surface area contributed by atoms with E-state index in [9.17, 15) is 9.59 Å². The highest BCUT2D eigenvalue weighted by molar-refractivity contribution is 6.31. The van der Waals surface area contributed by atoms with Crippen molar-refractivity contribution in [2.24, 2.45) is 5.73 Å². The fourth-order valence-corrected chi connectivity index (χ4v) is 1.76. The molecule has 1 aromatic carbocycles. The Bertz CT molecular complexity index is 477. The van der Waals surface area contributed by atoms with Gasteiger partial charge in [0, 0.05) is 11.9 Å². The number of carbonyl (C=O) groups is 2. The number of halogens is 1. The van der Waals surface area contributed by atoms with Gasteiger partial charge in [0.15, 0.2) is 0 Å². The van der Waals surface area contributed by atoms with Crippen LogP contribution in [0.5, 0.6) is 0 Å². The van der Waals surface area contributed by atoms with E-state index in [1.54, 1.807) is 18.2 Å². The summed E-state index contributed by atoms with van der Waals surface area (Å²) in [5.41, 5.74) is 6.67. The molecule has 1 atom stereocenters. The minimum absolute atomic E-state index is 0.226. The summed E-state index contributed by atoms with van der Waals surface area (Å²) < 4.78 is 0. The number of anilines is 2. The number of hydrogen-bond acceptors (Lipinski definition) is 3. The van der Waals surface area contributed by atoms with Gasteiger partial charge >= 0.3 is 0 Å². The largest absolute Gasteiger partial charge is 0.325 e.